The summed E-state index contributed by atoms with van der Waals surface area (Å²) >= 11 is 0. The number of rotatable bonds is 4. The standard InChI is InChI=1S/C11H11F2NO3/c1-7-4-9(16-2)10(17-3)5-8(7)11(12,13)14-6-15/h4-5H,1-3H3. The average molecular weight is 243 g/mol. The molecule has 0 saturated carbocycles. The summed E-state index contributed by atoms with van der Waals surface area (Å²) in [5.41, 5.74) is -0.176. The molecule has 0 N–H and O–H groups in total. The second kappa shape index (κ2) is 4.93. The third-order valence-corrected chi connectivity index (χ3v) is 2.24. The summed E-state index contributed by atoms with van der Waals surface area (Å²) in [6.45, 7) is 1.46. The van der Waals surface area contributed by atoms with Gasteiger partial charge in [0.05, 0.1) is 19.8 Å². The van der Waals surface area contributed by atoms with Gasteiger partial charge in [0.1, 0.15) is 0 Å². The second-order valence-corrected chi connectivity index (χ2v) is 3.27. The van der Waals surface area contributed by atoms with E-state index in [1.807, 2.05) is 0 Å². The van der Waals surface area contributed by atoms with Gasteiger partial charge in [0.15, 0.2) is 11.5 Å². The highest BCUT2D eigenvalue weighted by atomic mass is 19.3. The number of methoxy groups -OCH3 is 2. The molecule has 0 unspecified atom stereocenters. The third-order valence-electron chi connectivity index (χ3n) is 2.24. The number of aryl methyl sites for hydroxylation is 1. The SMILES string of the molecule is COc1cc(C)c(C(F)(F)N=C=O)cc1OC. The highest BCUT2D eigenvalue weighted by Crippen LogP contribution is 2.38. The van der Waals surface area contributed by atoms with Crippen LogP contribution >= 0.6 is 0 Å². The topological polar surface area (TPSA) is 47.9 Å². The Labute approximate surface area is 96.9 Å². The van der Waals surface area contributed by atoms with Crippen LogP contribution in [0.25, 0.3) is 0 Å². The maximum atomic E-state index is 13.4. The van der Waals surface area contributed by atoms with Crippen molar-refractivity contribution in [3.05, 3.63) is 23.3 Å². The van der Waals surface area contributed by atoms with E-state index < -0.39 is 11.6 Å². The van der Waals surface area contributed by atoms with Gasteiger partial charge in [-0.1, -0.05) is 0 Å². The molecule has 0 bridgehead atoms. The quantitative estimate of drug-likeness (QED) is 0.463. The molecule has 17 heavy (non-hydrogen) atoms. The lowest BCUT2D eigenvalue weighted by Crippen LogP contribution is -2.12. The van der Waals surface area contributed by atoms with Crippen LogP contribution in [-0.2, 0) is 10.8 Å². The molecule has 6 heteroatoms. The van der Waals surface area contributed by atoms with E-state index in [0.717, 1.165) is 12.1 Å². The first kappa shape index (κ1) is 13.1. The number of nitrogens with zero attached hydrogens (tertiary/aromatic N) is 1. The van der Waals surface area contributed by atoms with Crippen molar-refractivity contribution in [2.24, 2.45) is 4.99 Å². The molecular weight excluding hydrogens is 232 g/mol. The van der Waals surface area contributed by atoms with Crippen LogP contribution in [0.4, 0.5) is 8.78 Å². The first-order valence-corrected chi connectivity index (χ1v) is 4.66. The maximum Gasteiger partial charge on any atom is 0.379 e. The fourth-order valence-corrected chi connectivity index (χ4v) is 1.42. The molecule has 92 valence electrons. The summed E-state index contributed by atoms with van der Waals surface area (Å²) in [6.07, 6.45) is 0.853. The first-order valence-electron chi connectivity index (χ1n) is 4.66. The van der Waals surface area contributed by atoms with Crippen LogP contribution < -0.4 is 9.47 Å². The number of hydrogen-bond donors (Lipinski definition) is 0. The van der Waals surface area contributed by atoms with E-state index in [-0.39, 0.29) is 11.3 Å². The number of carbonyl (C=O) groups excluding carboxylic acids is 1. The van der Waals surface area contributed by atoms with E-state index in [2.05, 4.69) is 4.99 Å². The van der Waals surface area contributed by atoms with Crippen molar-refractivity contribution < 1.29 is 23.0 Å². The minimum atomic E-state index is -3.62. The number of aliphatic imine (C=N–C) groups is 1. The molecule has 0 fully saturated rings. The fourth-order valence-electron chi connectivity index (χ4n) is 1.42. The van der Waals surface area contributed by atoms with Gasteiger partial charge in [0, 0.05) is 0 Å². The summed E-state index contributed by atoms with van der Waals surface area (Å²) in [4.78, 5) is 12.4. The van der Waals surface area contributed by atoms with Gasteiger partial charge in [-0.3, -0.25) is 0 Å². The lowest BCUT2D eigenvalue weighted by Gasteiger charge is -2.16. The van der Waals surface area contributed by atoms with Crippen LogP contribution in [-0.4, -0.2) is 20.3 Å². The largest absolute Gasteiger partial charge is 0.493 e. The minimum absolute atomic E-state index is 0.147. The van der Waals surface area contributed by atoms with Crippen molar-refractivity contribution in [1.29, 1.82) is 0 Å². The van der Waals surface area contributed by atoms with Crippen LogP contribution in [0.15, 0.2) is 17.1 Å². The Kier molecular flexibility index (Phi) is 3.81. The average Bonchev–Trinajstić information content (AvgIpc) is 2.28. The number of hydrogen-bond acceptors (Lipinski definition) is 4. The van der Waals surface area contributed by atoms with Crippen molar-refractivity contribution in [1.82, 2.24) is 0 Å². The Morgan fingerprint density at radius 2 is 1.76 bits per heavy atom. The summed E-state index contributed by atoms with van der Waals surface area (Å²) in [5.74, 6) is 0.480. The van der Waals surface area contributed by atoms with Gasteiger partial charge in [-0.25, -0.2) is 4.79 Å². The monoisotopic (exact) mass is 243 g/mol. The second-order valence-electron chi connectivity index (χ2n) is 3.27. The van der Waals surface area contributed by atoms with E-state index in [9.17, 15) is 13.6 Å². The molecular formula is C11H11F2NO3. The van der Waals surface area contributed by atoms with E-state index in [1.54, 1.807) is 0 Å². The van der Waals surface area contributed by atoms with Gasteiger partial charge in [-0.05, 0) is 24.6 Å². The highest BCUT2D eigenvalue weighted by Gasteiger charge is 2.34. The van der Waals surface area contributed by atoms with Gasteiger partial charge < -0.3 is 9.47 Å². The predicted octanol–water partition coefficient (Wildman–Crippen LogP) is 2.40. The van der Waals surface area contributed by atoms with Gasteiger partial charge in [0.25, 0.3) is 0 Å². The van der Waals surface area contributed by atoms with Crippen molar-refractivity contribution in [3.63, 3.8) is 0 Å². The normalized spacial score (nSPS) is 10.6. The highest BCUT2D eigenvalue weighted by molar-refractivity contribution is 5.49. The molecule has 0 aliphatic carbocycles. The number of benzene rings is 1. The molecule has 0 radical (unpaired) electrons. The van der Waals surface area contributed by atoms with Crippen molar-refractivity contribution in [2.45, 2.75) is 13.0 Å². The van der Waals surface area contributed by atoms with Crippen molar-refractivity contribution >= 4 is 6.08 Å². The first-order chi connectivity index (χ1) is 7.96. The zero-order valence-corrected chi connectivity index (χ0v) is 9.58. The molecule has 0 saturated heterocycles. The summed E-state index contributed by atoms with van der Waals surface area (Å²) in [7, 11) is 2.73. The van der Waals surface area contributed by atoms with E-state index in [4.69, 9.17) is 9.47 Å². The number of isocyanates is 1. The molecule has 4 nitrogen and oxygen atoms in total. The molecule has 0 amide bonds. The van der Waals surface area contributed by atoms with Crippen LogP contribution in [0, 0.1) is 6.92 Å². The number of halogens is 2. The summed E-state index contributed by atoms with van der Waals surface area (Å²) in [6, 6.07) is -1.14. The molecule has 0 atom stereocenters. The van der Waals surface area contributed by atoms with E-state index >= 15 is 0 Å². The van der Waals surface area contributed by atoms with Crippen molar-refractivity contribution in [3.8, 4) is 11.5 Å². The zero-order chi connectivity index (χ0) is 13.1. The van der Waals surface area contributed by atoms with Gasteiger partial charge >= 0.3 is 6.05 Å². The van der Waals surface area contributed by atoms with Gasteiger partial charge in [-0.2, -0.15) is 8.78 Å². The van der Waals surface area contributed by atoms with Crippen LogP contribution in [0.3, 0.4) is 0 Å². The lowest BCUT2D eigenvalue weighted by atomic mass is 10.1. The fraction of sp³-hybridized carbons (Fsp3) is 0.364. The Balaban J connectivity index is 3.40. The van der Waals surface area contributed by atoms with Crippen LogP contribution in [0.2, 0.25) is 0 Å². The summed E-state index contributed by atoms with van der Waals surface area (Å²) < 4.78 is 36.8. The molecule has 1 rings (SSSR count). The molecule has 0 aromatic heterocycles. The smallest absolute Gasteiger partial charge is 0.379 e. The lowest BCUT2D eigenvalue weighted by molar-refractivity contribution is 0.00529. The third kappa shape index (κ3) is 2.60. The summed E-state index contributed by atoms with van der Waals surface area (Å²) in [5, 5.41) is 0. The van der Waals surface area contributed by atoms with Gasteiger partial charge in [-0.15, -0.1) is 4.99 Å². The Bertz CT molecular complexity index is 468. The minimum Gasteiger partial charge on any atom is -0.493 e. The molecule has 0 spiro atoms. The van der Waals surface area contributed by atoms with E-state index in [1.165, 1.54) is 27.2 Å². The zero-order valence-electron chi connectivity index (χ0n) is 9.58. The Morgan fingerprint density at radius 3 is 2.24 bits per heavy atom. The van der Waals surface area contributed by atoms with Crippen LogP contribution in [0.1, 0.15) is 11.1 Å². The molecule has 0 heterocycles. The number of alkyl halides is 2. The van der Waals surface area contributed by atoms with Gasteiger partial charge in [0.2, 0.25) is 6.08 Å². The maximum absolute atomic E-state index is 13.4. The molecule has 1 aromatic rings. The Hall–Kier alpha value is -1.94. The predicted molar refractivity (Wildman–Crippen MR) is 56.3 cm³/mol. The molecule has 0 aliphatic rings. The Morgan fingerprint density at radius 1 is 1.24 bits per heavy atom. The van der Waals surface area contributed by atoms with Crippen molar-refractivity contribution in [2.75, 3.05) is 14.2 Å². The van der Waals surface area contributed by atoms with E-state index in [0.29, 0.717) is 5.75 Å². The number of ether oxygens (including phenoxy) is 2. The molecule has 0 aliphatic heterocycles. The van der Waals surface area contributed by atoms with Crippen LogP contribution in [0.5, 0.6) is 11.5 Å². The molecule has 1 aromatic carbocycles.